The quantitative estimate of drug-likeness (QED) is 0.457. The van der Waals surface area contributed by atoms with Crippen LogP contribution in [0.15, 0.2) is 58.2 Å². The first-order valence-electron chi connectivity index (χ1n) is 7.52. The molecule has 2 aromatic carbocycles. The average molecular weight is 375 g/mol. The molecule has 0 saturated carbocycles. The van der Waals surface area contributed by atoms with Crippen LogP contribution < -0.4 is 4.74 Å². The van der Waals surface area contributed by atoms with Crippen molar-refractivity contribution in [2.45, 2.75) is 17.4 Å². The van der Waals surface area contributed by atoms with E-state index in [4.69, 9.17) is 20.8 Å². The predicted molar refractivity (Wildman–Crippen MR) is 97.4 cm³/mol. The molecule has 1 aromatic heterocycles. The number of para-hydroxylation sites is 1. The van der Waals surface area contributed by atoms with Gasteiger partial charge in [0.05, 0.1) is 17.9 Å². The number of hydrogen-bond donors (Lipinski definition) is 0. The van der Waals surface area contributed by atoms with Crippen molar-refractivity contribution in [3.63, 3.8) is 0 Å². The van der Waals surface area contributed by atoms with Crippen molar-refractivity contribution < 1.29 is 13.9 Å². The molecule has 0 amide bonds. The normalized spacial score (nSPS) is 12.0. The fourth-order valence-corrected chi connectivity index (χ4v) is 3.22. The van der Waals surface area contributed by atoms with Gasteiger partial charge in [-0.05, 0) is 31.2 Å². The average Bonchev–Trinajstić information content (AvgIpc) is 3.09. The number of ketones is 1. The molecule has 25 heavy (non-hydrogen) atoms. The van der Waals surface area contributed by atoms with Crippen LogP contribution in [0.25, 0.3) is 11.5 Å². The van der Waals surface area contributed by atoms with Gasteiger partial charge in [0.15, 0.2) is 5.78 Å². The summed E-state index contributed by atoms with van der Waals surface area (Å²) in [5.41, 5.74) is 1.26. The van der Waals surface area contributed by atoms with E-state index in [1.165, 1.54) is 11.8 Å². The zero-order valence-corrected chi connectivity index (χ0v) is 15.2. The Morgan fingerprint density at radius 3 is 2.76 bits per heavy atom. The molecule has 0 aliphatic heterocycles. The van der Waals surface area contributed by atoms with E-state index in [1.807, 2.05) is 24.3 Å². The molecule has 128 valence electrons. The zero-order valence-electron chi connectivity index (χ0n) is 13.6. The van der Waals surface area contributed by atoms with E-state index in [-0.39, 0.29) is 11.0 Å². The minimum Gasteiger partial charge on any atom is -0.496 e. The molecule has 0 fully saturated rings. The molecule has 1 atom stereocenters. The molecule has 0 spiro atoms. The lowest BCUT2D eigenvalue weighted by Gasteiger charge is -2.07. The molecule has 0 aliphatic rings. The molecular formula is C18H15ClN2O3S. The second kappa shape index (κ2) is 7.72. The van der Waals surface area contributed by atoms with E-state index in [1.54, 1.807) is 38.3 Å². The van der Waals surface area contributed by atoms with Gasteiger partial charge in [-0.1, -0.05) is 47.6 Å². The van der Waals surface area contributed by atoms with Gasteiger partial charge in [-0.15, -0.1) is 10.2 Å². The summed E-state index contributed by atoms with van der Waals surface area (Å²) in [4.78, 5) is 12.5. The smallest absolute Gasteiger partial charge is 0.277 e. The summed E-state index contributed by atoms with van der Waals surface area (Å²) in [7, 11) is 1.58. The topological polar surface area (TPSA) is 65.2 Å². The minimum absolute atomic E-state index is 0.0514. The maximum Gasteiger partial charge on any atom is 0.277 e. The Morgan fingerprint density at radius 2 is 2.00 bits per heavy atom. The fourth-order valence-electron chi connectivity index (χ4n) is 2.27. The summed E-state index contributed by atoms with van der Waals surface area (Å²) in [5.74, 6) is 0.942. The van der Waals surface area contributed by atoms with E-state index < -0.39 is 0 Å². The van der Waals surface area contributed by atoms with Crippen molar-refractivity contribution in [2.75, 3.05) is 7.11 Å². The first-order chi connectivity index (χ1) is 12.1. The lowest BCUT2D eigenvalue weighted by atomic mass is 10.1. The first-order valence-corrected chi connectivity index (χ1v) is 8.77. The number of Topliss-reactive ketones (excluding diaryl/α,β-unsaturated/α-hetero) is 1. The highest BCUT2D eigenvalue weighted by Gasteiger charge is 2.21. The third-order valence-corrected chi connectivity index (χ3v) is 4.67. The van der Waals surface area contributed by atoms with Gasteiger partial charge in [0.25, 0.3) is 11.1 Å². The molecule has 3 aromatic rings. The van der Waals surface area contributed by atoms with Gasteiger partial charge in [-0.3, -0.25) is 4.79 Å². The highest BCUT2D eigenvalue weighted by Crippen LogP contribution is 2.32. The lowest BCUT2D eigenvalue weighted by molar-refractivity contribution is 0.0993. The molecule has 0 bridgehead atoms. The van der Waals surface area contributed by atoms with Crippen LogP contribution in [0.1, 0.15) is 17.3 Å². The summed E-state index contributed by atoms with van der Waals surface area (Å²) < 4.78 is 11.0. The summed E-state index contributed by atoms with van der Waals surface area (Å²) in [6.07, 6.45) is 0. The van der Waals surface area contributed by atoms with Crippen molar-refractivity contribution >= 4 is 29.1 Å². The van der Waals surface area contributed by atoms with Crippen LogP contribution in [0, 0.1) is 0 Å². The third kappa shape index (κ3) is 4.03. The van der Waals surface area contributed by atoms with Crippen LogP contribution in [0.5, 0.6) is 5.75 Å². The third-order valence-electron chi connectivity index (χ3n) is 3.50. The SMILES string of the molecule is COc1ccccc1-c1nnc(S[C@H](C)C(=O)c2cccc(Cl)c2)o1. The number of nitrogens with zero attached hydrogens (tertiary/aromatic N) is 2. The molecule has 0 saturated heterocycles. The molecule has 7 heteroatoms. The van der Waals surface area contributed by atoms with Gasteiger partial charge in [0.1, 0.15) is 5.75 Å². The van der Waals surface area contributed by atoms with Crippen molar-refractivity contribution in [1.82, 2.24) is 10.2 Å². The Morgan fingerprint density at radius 1 is 1.20 bits per heavy atom. The van der Waals surface area contributed by atoms with Gasteiger partial charge in [-0.25, -0.2) is 0 Å². The molecule has 0 radical (unpaired) electrons. The Labute approximate surface area is 154 Å². The van der Waals surface area contributed by atoms with Crippen molar-refractivity contribution in [3.05, 3.63) is 59.1 Å². The van der Waals surface area contributed by atoms with Crippen LogP contribution in [0.3, 0.4) is 0 Å². The van der Waals surface area contributed by atoms with Crippen molar-refractivity contribution in [2.24, 2.45) is 0 Å². The van der Waals surface area contributed by atoms with Crippen molar-refractivity contribution in [1.29, 1.82) is 0 Å². The fraction of sp³-hybridized carbons (Fsp3) is 0.167. The van der Waals surface area contributed by atoms with Crippen LogP contribution in [0.4, 0.5) is 0 Å². The number of halogens is 1. The maximum absolute atomic E-state index is 12.5. The Bertz CT molecular complexity index is 897. The standard InChI is InChI=1S/C18H15ClN2O3S/c1-11(16(22)12-6-5-7-13(19)10-12)25-18-21-20-17(24-18)14-8-3-4-9-15(14)23-2/h3-11H,1-2H3/t11-/m1/s1. The number of thioether (sulfide) groups is 1. The summed E-state index contributed by atoms with van der Waals surface area (Å²) >= 11 is 7.15. The second-order valence-electron chi connectivity index (χ2n) is 5.21. The highest BCUT2D eigenvalue weighted by atomic mass is 35.5. The van der Waals surface area contributed by atoms with Gasteiger partial charge >= 0.3 is 0 Å². The Balaban J connectivity index is 1.76. The van der Waals surface area contributed by atoms with Gasteiger partial charge in [0.2, 0.25) is 0 Å². The van der Waals surface area contributed by atoms with Crippen LogP contribution >= 0.6 is 23.4 Å². The molecule has 5 nitrogen and oxygen atoms in total. The maximum atomic E-state index is 12.5. The van der Waals surface area contributed by atoms with E-state index in [9.17, 15) is 4.79 Å². The predicted octanol–water partition coefficient (Wildman–Crippen LogP) is 4.76. The number of hydrogen-bond acceptors (Lipinski definition) is 6. The Kier molecular flexibility index (Phi) is 5.40. The summed E-state index contributed by atoms with van der Waals surface area (Å²) in [6.45, 7) is 1.79. The molecule has 1 heterocycles. The molecular weight excluding hydrogens is 360 g/mol. The van der Waals surface area contributed by atoms with E-state index >= 15 is 0 Å². The summed E-state index contributed by atoms with van der Waals surface area (Å²) in [6, 6.07) is 14.2. The van der Waals surface area contributed by atoms with E-state index in [2.05, 4.69) is 10.2 Å². The molecule has 0 aliphatic carbocycles. The second-order valence-corrected chi connectivity index (χ2v) is 6.94. The Hall–Kier alpha value is -2.31. The summed E-state index contributed by atoms with van der Waals surface area (Å²) in [5, 5.41) is 8.52. The minimum atomic E-state index is -0.385. The van der Waals surface area contributed by atoms with Crippen molar-refractivity contribution in [3.8, 4) is 17.2 Å². The number of benzene rings is 2. The highest BCUT2D eigenvalue weighted by molar-refractivity contribution is 8.00. The molecule has 0 unspecified atom stereocenters. The van der Waals surface area contributed by atoms with E-state index in [0.717, 1.165) is 0 Å². The first kappa shape index (κ1) is 17.5. The van der Waals surface area contributed by atoms with Crippen LogP contribution in [0.2, 0.25) is 5.02 Å². The van der Waals surface area contributed by atoms with E-state index in [0.29, 0.717) is 33.0 Å². The van der Waals surface area contributed by atoms with Crippen LogP contribution in [-0.2, 0) is 0 Å². The number of rotatable bonds is 6. The number of carbonyl (C=O) groups excluding carboxylic acids is 1. The van der Waals surface area contributed by atoms with Crippen LogP contribution in [-0.4, -0.2) is 28.3 Å². The van der Waals surface area contributed by atoms with Gasteiger partial charge < -0.3 is 9.15 Å². The van der Waals surface area contributed by atoms with Gasteiger partial charge in [-0.2, -0.15) is 0 Å². The number of methoxy groups -OCH3 is 1. The molecule has 3 rings (SSSR count). The lowest BCUT2D eigenvalue weighted by Crippen LogP contribution is -2.13. The zero-order chi connectivity index (χ0) is 17.8. The van der Waals surface area contributed by atoms with Gasteiger partial charge in [0, 0.05) is 10.6 Å². The molecule has 0 N–H and O–H groups in total. The monoisotopic (exact) mass is 374 g/mol. The number of carbonyl (C=O) groups is 1. The largest absolute Gasteiger partial charge is 0.496 e. The number of ether oxygens (including phenoxy) is 1. The number of aromatic nitrogens is 2.